The van der Waals surface area contributed by atoms with Gasteiger partial charge in [0.1, 0.15) is 6.04 Å². The largest absolute Gasteiger partial charge is 0.465 e. The third-order valence-corrected chi connectivity index (χ3v) is 5.52. The van der Waals surface area contributed by atoms with Crippen LogP contribution in [0.3, 0.4) is 0 Å². The van der Waals surface area contributed by atoms with Gasteiger partial charge in [-0.05, 0) is 38.0 Å². The van der Waals surface area contributed by atoms with Gasteiger partial charge in [0, 0.05) is 24.5 Å². The Morgan fingerprint density at radius 1 is 1.29 bits per heavy atom. The Balaban J connectivity index is 2.46. The Kier molecular flexibility index (Phi) is 8.48. The molecule has 1 aliphatic rings. The average molecular weight is 507 g/mol. The molecule has 1 aliphatic heterocycles. The number of carboxylic acid groups (broad SMARTS) is 1. The number of amides is 4. The third kappa shape index (κ3) is 6.16. The van der Waals surface area contributed by atoms with Crippen LogP contribution in [0.1, 0.15) is 30.1 Å². The van der Waals surface area contributed by atoms with Gasteiger partial charge in [-0.15, -0.1) is 0 Å². The zero-order valence-corrected chi connectivity index (χ0v) is 18.8. The molecule has 1 saturated heterocycles. The second kappa shape index (κ2) is 10.7. The van der Waals surface area contributed by atoms with Crippen LogP contribution < -0.4 is 20.9 Å². The highest BCUT2D eigenvalue weighted by molar-refractivity contribution is 6.38. The van der Waals surface area contributed by atoms with Gasteiger partial charge < -0.3 is 21.1 Å². The summed E-state index contributed by atoms with van der Waals surface area (Å²) < 4.78 is 39.9. The number of hydrogen-bond donors (Lipinski definition) is 4. The van der Waals surface area contributed by atoms with Crippen molar-refractivity contribution in [1.82, 2.24) is 16.0 Å². The zero-order valence-electron chi connectivity index (χ0n) is 18.0. The molecule has 186 valence electrons. The van der Waals surface area contributed by atoms with E-state index in [1.54, 1.807) is 0 Å². The van der Waals surface area contributed by atoms with Crippen LogP contribution in [0.5, 0.6) is 0 Å². The second-order valence-electron chi connectivity index (χ2n) is 7.51. The SMILES string of the molecule is CNC(=O)C(=O)[C@H](C[C@@H]1CCNC1=O)NC(=O)c1cc(Cl)ccc1N(C(=O)O)C(C)C(F)(F)F. The van der Waals surface area contributed by atoms with Crippen LogP contribution in [0.4, 0.5) is 23.7 Å². The molecule has 0 radical (unpaired) electrons. The Labute approximate surface area is 196 Å². The summed E-state index contributed by atoms with van der Waals surface area (Å²) in [4.78, 5) is 61.0. The first kappa shape index (κ1) is 26.9. The second-order valence-corrected chi connectivity index (χ2v) is 7.95. The fourth-order valence-corrected chi connectivity index (χ4v) is 3.60. The van der Waals surface area contributed by atoms with Gasteiger partial charge >= 0.3 is 12.3 Å². The minimum Gasteiger partial charge on any atom is -0.465 e. The molecule has 10 nitrogen and oxygen atoms in total. The van der Waals surface area contributed by atoms with Crippen molar-refractivity contribution in [2.45, 2.75) is 38.0 Å². The monoisotopic (exact) mass is 506 g/mol. The van der Waals surface area contributed by atoms with Crippen LogP contribution in [0.2, 0.25) is 5.02 Å². The number of ketones is 1. The summed E-state index contributed by atoms with van der Waals surface area (Å²) in [5.41, 5.74) is -1.21. The predicted octanol–water partition coefficient (Wildman–Crippen LogP) is 1.71. The molecule has 4 N–H and O–H groups in total. The van der Waals surface area contributed by atoms with Crippen molar-refractivity contribution in [3.8, 4) is 0 Å². The topological polar surface area (TPSA) is 145 Å². The Bertz CT molecular complexity index is 1000. The molecule has 3 atom stereocenters. The molecule has 0 bridgehead atoms. The molecule has 4 amide bonds. The van der Waals surface area contributed by atoms with Gasteiger partial charge in [-0.1, -0.05) is 11.6 Å². The number of halogens is 4. The van der Waals surface area contributed by atoms with E-state index in [4.69, 9.17) is 11.6 Å². The summed E-state index contributed by atoms with van der Waals surface area (Å²) in [6, 6.07) is -1.07. The quantitative estimate of drug-likeness (QED) is 0.395. The van der Waals surface area contributed by atoms with Crippen molar-refractivity contribution < 1.29 is 42.3 Å². The Morgan fingerprint density at radius 2 is 1.94 bits per heavy atom. The van der Waals surface area contributed by atoms with Crippen LogP contribution in [0, 0.1) is 5.92 Å². The lowest BCUT2D eigenvalue weighted by atomic mass is 9.95. The number of anilines is 1. The molecule has 1 unspecified atom stereocenters. The average Bonchev–Trinajstić information content (AvgIpc) is 3.16. The summed E-state index contributed by atoms with van der Waals surface area (Å²) in [6.07, 6.45) is -6.85. The highest BCUT2D eigenvalue weighted by Gasteiger charge is 2.44. The van der Waals surface area contributed by atoms with Crippen molar-refractivity contribution in [3.63, 3.8) is 0 Å². The molecular weight excluding hydrogens is 485 g/mol. The number of benzene rings is 1. The molecule has 14 heteroatoms. The first-order chi connectivity index (χ1) is 15.8. The van der Waals surface area contributed by atoms with E-state index in [0.29, 0.717) is 19.9 Å². The van der Waals surface area contributed by atoms with Gasteiger partial charge in [0.25, 0.3) is 11.8 Å². The van der Waals surface area contributed by atoms with Crippen molar-refractivity contribution in [1.29, 1.82) is 0 Å². The zero-order chi connectivity index (χ0) is 25.8. The number of carbonyl (C=O) groups is 5. The third-order valence-electron chi connectivity index (χ3n) is 5.29. The summed E-state index contributed by atoms with van der Waals surface area (Å²) >= 11 is 5.89. The number of nitrogens with one attached hydrogen (secondary N) is 3. The molecule has 0 aromatic heterocycles. The molecule has 0 aliphatic carbocycles. The van der Waals surface area contributed by atoms with Gasteiger partial charge in [-0.2, -0.15) is 13.2 Å². The molecule has 1 fully saturated rings. The van der Waals surface area contributed by atoms with E-state index in [9.17, 15) is 42.3 Å². The summed E-state index contributed by atoms with van der Waals surface area (Å²) in [7, 11) is 1.18. The Morgan fingerprint density at radius 3 is 2.44 bits per heavy atom. The van der Waals surface area contributed by atoms with Crippen LogP contribution >= 0.6 is 11.6 Å². The lowest BCUT2D eigenvalue weighted by Crippen LogP contribution is -2.50. The van der Waals surface area contributed by atoms with Gasteiger partial charge in [0.2, 0.25) is 11.7 Å². The van der Waals surface area contributed by atoms with Crippen molar-refractivity contribution in [2.75, 3.05) is 18.5 Å². The van der Waals surface area contributed by atoms with E-state index in [1.165, 1.54) is 7.05 Å². The molecule has 34 heavy (non-hydrogen) atoms. The number of alkyl halides is 3. The maximum absolute atomic E-state index is 13.3. The van der Waals surface area contributed by atoms with Gasteiger partial charge in [-0.25, -0.2) is 4.79 Å². The molecule has 2 rings (SSSR count). The number of hydrogen-bond acceptors (Lipinski definition) is 5. The molecule has 0 saturated carbocycles. The molecule has 1 heterocycles. The van der Waals surface area contributed by atoms with Crippen molar-refractivity contribution in [2.24, 2.45) is 5.92 Å². The van der Waals surface area contributed by atoms with Crippen molar-refractivity contribution in [3.05, 3.63) is 28.8 Å². The van der Waals surface area contributed by atoms with Crippen LogP contribution in [0.15, 0.2) is 18.2 Å². The lowest BCUT2D eigenvalue weighted by Gasteiger charge is -2.30. The summed E-state index contributed by atoms with van der Waals surface area (Å²) in [5.74, 6) is -4.38. The van der Waals surface area contributed by atoms with Gasteiger partial charge in [-0.3, -0.25) is 24.1 Å². The van der Waals surface area contributed by atoms with E-state index < -0.39 is 59.1 Å². The smallest absolute Gasteiger partial charge is 0.412 e. The number of likely N-dealkylation sites (N-methyl/N-ethyl adjacent to an activating group) is 1. The van der Waals surface area contributed by atoms with Crippen LogP contribution in [-0.2, 0) is 14.4 Å². The van der Waals surface area contributed by atoms with E-state index >= 15 is 0 Å². The molecule has 1 aromatic rings. The standard InChI is InChI=1S/C20H22ClF3N4O6/c1-9(20(22,23)24)28(19(33)34)14-4-3-11(21)8-12(14)17(31)27-13(15(29)18(32)25-2)7-10-5-6-26-16(10)30/h3-4,8-10,13H,5-7H2,1-2H3,(H,25,32)(H,26,30)(H,27,31)(H,33,34)/t9?,10-,13-/m0/s1. The van der Waals surface area contributed by atoms with Crippen LogP contribution in [-0.4, -0.2) is 66.6 Å². The fourth-order valence-electron chi connectivity index (χ4n) is 3.43. The van der Waals surface area contributed by atoms with E-state index in [2.05, 4.69) is 16.0 Å². The number of carbonyl (C=O) groups excluding carboxylic acids is 4. The molecule has 1 aromatic carbocycles. The highest BCUT2D eigenvalue weighted by Crippen LogP contribution is 2.32. The summed E-state index contributed by atoms with van der Waals surface area (Å²) in [5, 5.41) is 16.3. The van der Waals surface area contributed by atoms with Gasteiger partial charge in [0.05, 0.1) is 17.3 Å². The maximum Gasteiger partial charge on any atom is 0.412 e. The highest BCUT2D eigenvalue weighted by atomic mass is 35.5. The normalized spacial score (nSPS) is 17.4. The van der Waals surface area contributed by atoms with E-state index in [-0.39, 0.29) is 22.3 Å². The fraction of sp³-hybridized carbons (Fsp3) is 0.450. The minimum atomic E-state index is -4.96. The maximum atomic E-state index is 13.3. The van der Waals surface area contributed by atoms with Gasteiger partial charge in [0.15, 0.2) is 0 Å². The number of Topliss-reactive ketones (excluding diaryl/α,β-unsaturated/α-hetero) is 1. The lowest BCUT2D eigenvalue weighted by molar-refractivity contribution is -0.143. The summed E-state index contributed by atoms with van der Waals surface area (Å²) in [6.45, 7) is 0.931. The predicted molar refractivity (Wildman–Crippen MR) is 114 cm³/mol. The first-order valence-corrected chi connectivity index (χ1v) is 10.4. The molecular formula is C20H22ClF3N4O6. The van der Waals surface area contributed by atoms with E-state index in [0.717, 1.165) is 18.2 Å². The van der Waals surface area contributed by atoms with E-state index in [1.807, 2.05) is 0 Å². The van der Waals surface area contributed by atoms with Crippen LogP contribution in [0.25, 0.3) is 0 Å². The Hall–Kier alpha value is -3.35. The molecule has 0 spiro atoms. The first-order valence-electron chi connectivity index (χ1n) is 10.0. The van der Waals surface area contributed by atoms with Crippen molar-refractivity contribution >= 4 is 46.9 Å². The number of rotatable bonds is 8. The minimum absolute atomic E-state index is 0.0504. The number of nitrogens with zero attached hydrogens (tertiary/aromatic N) is 1.